The summed E-state index contributed by atoms with van der Waals surface area (Å²) >= 11 is 0. The number of hydrogen-bond donors (Lipinski definition) is 1. The van der Waals surface area contributed by atoms with E-state index in [2.05, 4.69) is 19.8 Å². The van der Waals surface area contributed by atoms with Crippen molar-refractivity contribution in [1.29, 1.82) is 0 Å². The van der Waals surface area contributed by atoms with E-state index in [1.807, 2.05) is 0 Å². The number of esters is 2. The SMILES string of the molecule is COc1ccc(-c2ccc3c(n2)OC(OC(=O)C(F)(F)F)(OC(=O)C(F)(F)F)CNC3)c(C)c1. The number of hydrogen-bond acceptors (Lipinski definition) is 8. The second-order valence-electron chi connectivity index (χ2n) is 7.00. The molecule has 34 heavy (non-hydrogen) atoms. The van der Waals surface area contributed by atoms with Crippen LogP contribution in [0.1, 0.15) is 11.1 Å². The number of carbonyl (C=O) groups excluding carboxylic acids is 2. The molecule has 0 atom stereocenters. The van der Waals surface area contributed by atoms with Crippen LogP contribution >= 0.6 is 0 Å². The highest BCUT2D eigenvalue weighted by Crippen LogP contribution is 2.34. The van der Waals surface area contributed by atoms with Gasteiger partial charge in [0.25, 0.3) is 0 Å². The van der Waals surface area contributed by atoms with Crippen LogP contribution in [-0.2, 0) is 25.6 Å². The number of carbonyl (C=O) groups is 2. The molecule has 14 heteroatoms. The zero-order valence-corrected chi connectivity index (χ0v) is 17.5. The van der Waals surface area contributed by atoms with E-state index in [0.29, 0.717) is 16.9 Å². The molecular weight excluding hydrogens is 478 g/mol. The maximum Gasteiger partial charge on any atom is 0.491 e. The number of alkyl halides is 6. The van der Waals surface area contributed by atoms with Gasteiger partial charge in [-0.1, -0.05) is 6.07 Å². The third kappa shape index (κ3) is 5.50. The first-order valence-corrected chi connectivity index (χ1v) is 9.39. The lowest BCUT2D eigenvalue weighted by Gasteiger charge is -2.31. The summed E-state index contributed by atoms with van der Waals surface area (Å²) in [6.07, 6.45) is -11.2. The van der Waals surface area contributed by atoms with Gasteiger partial charge in [-0.3, -0.25) is 0 Å². The van der Waals surface area contributed by atoms with Crippen LogP contribution in [0.25, 0.3) is 11.3 Å². The Bertz CT molecular complexity index is 1070. The fourth-order valence-electron chi connectivity index (χ4n) is 2.96. The Morgan fingerprint density at radius 2 is 1.65 bits per heavy atom. The number of nitrogens with zero attached hydrogens (tertiary/aromatic N) is 1. The van der Waals surface area contributed by atoms with Crippen molar-refractivity contribution in [3.63, 3.8) is 0 Å². The third-order valence-corrected chi connectivity index (χ3v) is 4.52. The molecular formula is C20H16F6N2O6. The lowest BCUT2D eigenvalue weighted by atomic mass is 10.0. The van der Waals surface area contributed by atoms with Crippen molar-refractivity contribution in [3.8, 4) is 22.9 Å². The zero-order chi connectivity index (χ0) is 25.3. The topological polar surface area (TPSA) is 96.0 Å². The molecule has 184 valence electrons. The van der Waals surface area contributed by atoms with E-state index < -0.39 is 42.7 Å². The van der Waals surface area contributed by atoms with Crippen LogP contribution in [0.4, 0.5) is 26.3 Å². The Balaban J connectivity index is 2.04. The van der Waals surface area contributed by atoms with E-state index in [0.717, 1.165) is 0 Å². The van der Waals surface area contributed by atoms with Crippen LogP contribution in [0.2, 0.25) is 0 Å². The van der Waals surface area contributed by atoms with E-state index in [-0.39, 0.29) is 17.8 Å². The number of pyridine rings is 1. The van der Waals surface area contributed by atoms with Gasteiger partial charge in [0.05, 0.1) is 12.8 Å². The summed E-state index contributed by atoms with van der Waals surface area (Å²) in [5, 5.41) is 2.42. The van der Waals surface area contributed by atoms with E-state index >= 15 is 0 Å². The van der Waals surface area contributed by atoms with Crippen LogP contribution < -0.4 is 14.8 Å². The first-order valence-electron chi connectivity index (χ1n) is 9.39. The third-order valence-electron chi connectivity index (χ3n) is 4.52. The van der Waals surface area contributed by atoms with E-state index in [4.69, 9.17) is 9.47 Å². The summed E-state index contributed by atoms with van der Waals surface area (Å²) in [5.74, 6) is -9.29. The molecule has 0 saturated heterocycles. The minimum atomic E-state index is -5.62. The lowest BCUT2D eigenvalue weighted by Crippen LogP contribution is -2.55. The first-order chi connectivity index (χ1) is 15.7. The molecule has 2 aromatic rings. The summed E-state index contributed by atoms with van der Waals surface area (Å²) < 4.78 is 95.2. The number of halogens is 6. The molecule has 0 spiro atoms. The molecule has 1 aliphatic heterocycles. The fraction of sp³-hybridized carbons (Fsp3) is 0.350. The van der Waals surface area contributed by atoms with E-state index in [9.17, 15) is 35.9 Å². The average molecular weight is 494 g/mol. The van der Waals surface area contributed by atoms with Crippen molar-refractivity contribution >= 4 is 11.9 Å². The molecule has 3 rings (SSSR count). The number of rotatable bonds is 4. The molecule has 1 aliphatic rings. The number of ether oxygens (including phenoxy) is 4. The number of benzene rings is 1. The summed E-state index contributed by atoms with van der Waals surface area (Å²) in [7, 11) is 1.46. The molecule has 0 aliphatic carbocycles. The van der Waals surface area contributed by atoms with Gasteiger partial charge in [0.15, 0.2) is 0 Å². The molecule has 1 N–H and O–H groups in total. The molecule has 1 aromatic heterocycles. The standard InChI is InChI=1S/C20H16F6N2O6/c1-10-7-12(31-2)4-5-13(10)14-6-3-11-8-27-9-18(32-15(11)28-14,33-16(29)19(21,22)23)34-17(30)20(24,25)26/h3-7,27H,8-9H2,1-2H3. The van der Waals surface area contributed by atoms with Crippen LogP contribution in [-0.4, -0.2) is 48.9 Å². The molecule has 0 unspecified atom stereocenters. The number of nitrogens with one attached hydrogen (secondary N) is 1. The van der Waals surface area contributed by atoms with Crippen molar-refractivity contribution in [1.82, 2.24) is 10.3 Å². The number of fused-ring (bicyclic) bond motifs is 1. The molecule has 0 fully saturated rings. The highest BCUT2D eigenvalue weighted by molar-refractivity contribution is 5.78. The minimum Gasteiger partial charge on any atom is -0.497 e. The van der Waals surface area contributed by atoms with Gasteiger partial charge in [0, 0.05) is 17.7 Å². The minimum absolute atomic E-state index is 0.168. The van der Waals surface area contributed by atoms with Gasteiger partial charge < -0.3 is 24.3 Å². The zero-order valence-electron chi connectivity index (χ0n) is 17.5. The van der Waals surface area contributed by atoms with Crippen LogP contribution in [0.5, 0.6) is 11.6 Å². The van der Waals surface area contributed by atoms with Gasteiger partial charge in [-0.25, -0.2) is 14.6 Å². The van der Waals surface area contributed by atoms with Gasteiger partial charge in [0.2, 0.25) is 5.88 Å². The molecule has 0 radical (unpaired) electrons. The summed E-state index contributed by atoms with van der Waals surface area (Å²) in [5.41, 5.74) is 1.62. The normalized spacial score (nSPS) is 15.4. The summed E-state index contributed by atoms with van der Waals surface area (Å²) in [4.78, 5) is 27.0. The van der Waals surface area contributed by atoms with Crippen LogP contribution in [0.3, 0.4) is 0 Å². The van der Waals surface area contributed by atoms with E-state index in [1.165, 1.54) is 19.2 Å². The molecule has 8 nitrogen and oxygen atoms in total. The Morgan fingerprint density at radius 1 is 1.03 bits per heavy atom. The maximum atomic E-state index is 12.8. The van der Waals surface area contributed by atoms with Crippen molar-refractivity contribution in [3.05, 3.63) is 41.5 Å². The van der Waals surface area contributed by atoms with Gasteiger partial charge in [0.1, 0.15) is 12.3 Å². The summed E-state index contributed by atoms with van der Waals surface area (Å²) in [6.45, 7) is 0.497. The second-order valence-corrected chi connectivity index (χ2v) is 7.00. The Morgan fingerprint density at radius 3 is 2.18 bits per heavy atom. The highest BCUT2D eigenvalue weighted by Gasteiger charge is 2.55. The van der Waals surface area contributed by atoms with Crippen molar-refractivity contribution in [2.24, 2.45) is 0 Å². The second kappa shape index (κ2) is 9.00. The Hall–Kier alpha value is -3.55. The van der Waals surface area contributed by atoms with Crippen LogP contribution in [0.15, 0.2) is 30.3 Å². The molecule has 0 bridgehead atoms. The van der Waals surface area contributed by atoms with Crippen LogP contribution in [0, 0.1) is 6.92 Å². The predicted octanol–water partition coefficient (Wildman–Crippen LogP) is 3.41. The van der Waals surface area contributed by atoms with Gasteiger partial charge in [-0.15, -0.1) is 0 Å². The smallest absolute Gasteiger partial charge is 0.491 e. The maximum absolute atomic E-state index is 12.8. The quantitative estimate of drug-likeness (QED) is 0.393. The monoisotopic (exact) mass is 494 g/mol. The number of aromatic nitrogens is 1. The van der Waals surface area contributed by atoms with Crippen molar-refractivity contribution < 1.29 is 54.9 Å². The Kier molecular flexibility index (Phi) is 6.64. The molecule has 1 aromatic carbocycles. The molecule has 0 amide bonds. The predicted molar refractivity (Wildman–Crippen MR) is 100 cm³/mol. The average Bonchev–Trinajstić information content (AvgIpc) is 2.90. The van der Waals surface area contributed by atoms with Gasteiger partial charge in [-0.05, 0) is 36.8 Å². The van der Waals surface area contributed by atoms with Gasteiger partial charge in [-0.2, -0.15) is 26.3 Å². The largest absolute Gasteiger partial charge is 0.497 e. The summed E-state index contributed by atoms with van der Waals surface area (Å²) in [6, 6.07) is 7.89. The first kappa shape index (κ1) is 25.1. The Labute approximate surface area is 187 Å². The molecule has 0 saturated carbocycles. The van der Waals surface area contributed by atoms with E-state index in [1.54, 1.807) is 25.1 Å². The fourth-order valence-corrected chi connectivity index (χ4v) is 2.96. The number of aryl methyl sites for hydroxylation is 1. The number of methoxy groups -OCH3 is 1. The van der Waals surface area contributed by atoms with Gasteiger partial charge >= 0.3 is 30.3 Å². The lowest BCUT2D eigenvalue weighted by molar-refractivity contribution is -0.331. The van der Waals surface area contributed by atoms with Crippen molar-refractivity contribution in [2.45, 2.75) is 31.8 Å². The van der Waals surface area contributed by atoms with Crippen molar-refractivity contribution in [2.75, 3.05) is 13.7 Å². The highest BCUT2D eigenvalue weighted by atomic mass is 19.4. The molecule has 2 heterocycles.